The van der Waals surface area contributed by atoms with Crippen LogP contribution in [0.25, 0.3) is 0 Å². The van der Waals surface area contributed by atoms with Crippen molar-refractivity contribution in [3.8, 4) is 0 Å². The molecule has 1 atom stereocenters. The van der Waals surface area contributed by atoms with Gasteiger partial charge in [-0.3, -0.25) is 4.79 Å². The minimum Gasteiger partial charge on any atom is -0.348 e. The molecule has 1 unspecified atom stereocenters. The first-order valence-corrected chi connectivity index (χ1v) is 8.93. The van der Waals surface area contributed by atoms with E-state index in [0.29, 0.717) is 0 Å². The first kappa shape index (κ1) is 18.3. The van der Waals surface area contributed by atoms with Crippen molar-refractivity contribution in [1.82, 2.24) is 9.88 Å². The SMILES string of the molecule is CCc1c(C)c(C(=O)NC(C)CC)n(Cc2cccc(C)c2)c1C. The third-order valence-corrected chi connectivity index (χ3v) is 4.90. The largest absolute Gasteiger partial charge is 0.348 e. The van der Waals surface area contributed by atoms with Gasteiger partial charge in [-0.1, -0.05) is 43.7 Å². The third-order valence-electron chi connectivity index (χ3n) is 4.90. The van der Waals surface area contributed by atoms with E-state index in [1.165, 1.54) is 22.4 Å². The maximum Gasteiger partial charge on any atom is 0.268 e. The molecular weight excluding hydrogens is 296 g/mol. The van der Waals surface area contributed by atoms with Crippen molar-refractivity contribution in [2.24, 2.45) is 0 Å². The Hall–Kier alpha value is -2.03. The fourth-order valence-electron chi connectivity index (χ4n) is 3.35. The average molecular weight is 326 g/mol. The molecule has 2 aromatic rings. The molecule has 1 amide bonds. The van der Waals surface area contributed by atoms with Gasteiger partial charge in [-0.25, -0.2) is 0 Å². The number of aryl methyl sites for hydroxylation is 1. The van der Waals surface area contributed by atoms with Crippen LogP contribution in [0.3, 0.4) is 0 Å². The molecule has 0 saturated heterocycles. The van der Waals surface area contributed by atoms with Crippen LogP contribution in [0.15, 0.2) is 24.3 Å². The molecule has 1 aromatic carbocycles. The van der Waals surface area contributed by atoms with Gasteiger partial charge < -0.3 is 9.88 Å². The summed E-state index contributed by atoms with van der Waals surface area (Å²) < 4.78 is 2.18. The lowest BCUT2D eigenvalue weighted by Crippen LogP contribution is -2.34. The van der Waals surface area contributed by atoms with E-state index in [9.17, 15) is 4.79 Å². The first-order valence-electron chi connectivity index (χ1n) is 8.93. The highest BCUT2D eigenvalue weighted by atomic mass is 16.2. The second kappa shape index (κ2) is 7.69. The summed E-state index contributed by atoms with van der Waals surface area (Å²) in [6.07, 6.45) is 1.88. The lowest BCUT2D eigenvalue weighted by Gasteiger charge is -2.16. The van der Waals surface area contributed by atoms with E-state index in [2.05, 4.69) is 75.7 Å². The van der Waals surface area contributed by atoms with Crippen LogP contribution in [0.5, 0.6) is 0 Å². The second-order valence-corrected chi connectivity index (χ2v) is 6.75. The van der Waals surface area contributed by atoms with Gasteiger partial charge in [0.15, 0.2) is 0 Å². The molecule has 0 fully saturated rings. The van der Waals surface area contributed by atoms with Gasteiger partial charge in [-0.2, -0.15) is 0 Å². The van der Waals surface area contributed by atoms with Crippen molar-refractivity contribution < 1.29 is 4.79 Å². The van der Waals surface area contributed by atoms with Crippen LogP contribution < -0.4 is 5.32 Å². The van der Waals surface area contributed by atoms with Gasteiger partial charge >= 0.3 is 0 Å². The van der Waals surface area contributed by atoms with Gasteiger partial charge in [-0.15, -0.1) is 0 Å². The standard InChI is InChI=1S/C21H30N2O/c1-7-15(4)22-21(24)20-16(5)19(8-2)17(6)23(20)13-18-11-9-10-14(3)12-18/h9-12,15H,7-8,13H2,1-6H3,(H,22,24). The van der Waals surface area contributed by atoms with Gasteiger partial charge in [0.1, 0.15) is 5.69 Å². The normalized spacial score (nSPS) is 12.2. The van der Waals surface area contributed by atoms with E-state index in [1.807, 2.05) is 0 Å². The highest BCUT2D eigenvalue weighted by molar-refractivity contribution is 5.95. The van der Waals surface area contributed by atoms with Crippen LogP contribution >= 0.6 is 0 Å². The zero-order valence-electron chi connectivity index (χ0n) is 15.9. The molecule has 0 spiro atoms. The summed E-state index contributed by atoms with van der Waals surface area (Å²) in [5, 5.41) is 3.13. The number of aromatic nitrogens is 1. The van der Waals surface area contributed by atoms with Gasteiger partial charge in [0.2, 0.25) is 0 Å². The second-order valence-electron chi connectivity index (χ2n) is 6.75. The number of carbonyl (C=O) groups excluding carboxylic acids is 1. The summed E-state index contributed by atoms with van der Waals surface area (Å²) in [6, 6.07) is 8.69. The monoisotopic (exact) mass is 326 g/mol. The van der Waals surface area contributed by atoms with Gasteiger partial charge in [0.05, 0.1) is 0 Å². The van der Waals surface area contributed by atoms with Crippen LogP contribution in [0.4, 0.5) is 0 Å². The molecule has 0 saturated carbocycles. The third kappa shape index (κ3) is 3.72. The maximum atomic E-state index is 12.9. The molecule has 0 aliphatic rings. The summed E-state index contributed by atoms with van der Waals surface area (Å²) in [7, 11) is 0. The Morgan fingerprint density at radius 3 is 2.50 bits per heavy atom. The van der Waals surface area contributed by atoms with Crippen LogP contribution in [0.1, 0.15) is 65.6 Å². The molecule has 130 valence electrons. The summed E-state index contributed by atoms with van der Waals surface area (Å²) in [4.78, 5) is 12.9. The minimum atomic E-state index is 0.0392. The molecule has 1 aromatic heterocycles. The molecule has 0 aliphatic carbocycles. The molecule has 1 heterocycles. The lowest BCUT2D eigenvalue weighted by molar-refractivity contribution is 0.0929. The number of nitrogens with one attached hydrogen (secondary N) is 1. The number of hydrogen-bond donors (Lipinski definition) is 1. The maximum absolute atomic E-state index is 12.9. The summed E-state index contributed by atoms with van der Waals surface area (Å²) in [5.74, 6) is 0.0392. The van der Waals surface area contributed by atoms with E-state index >= 15 is 0 Å². The number of amides is 1. The Morgan fingerprint density at radius 1 is 1.21 bits per heavy atom. The van der Waals surface area contributed by atoms with Crippen molar-refractivity contribution in [1.29, 1.82) is 0 Å². The molecule has 24 heavy (non-hydrogen) atoms. The zero-order chi connectivity index (χ0) is 17.9. The molecular formula is C21H30N2O. The summed E-state index contributed by atoms with van der Waals surface area (Å²) >= 11 is 0. The Bertz CT molecular complexity index is 728. The van der Waals surface area contributed by atoms with Crippen molar-refractivity contribution in [3.63, 3.8) is 0 Å². The molecule has 0 bridgehead atoms. The summed E-state index contributed by atoms with van der Waals surface area (Å²) in [6.45, 7) is 13.3. The quantitative estimate of drug-likeness (QED) is 0.830. The van der Waals surface area contributed by atoms with Gasteiger partial charge in [0, 0.05) is 18.3 Å². The number of rotatable bonds is 6. The fraction of sp³-hybridized carbons (Fsp3) is 0.476. The highest BCUT2D eigenvalue weighted by Crippen LogP contribution is 2.24. The molecule has 0 aliphatic heterocycles. The molecule has 3 nitrogen and oxygen atoms in total. The number of carbonyl (C=O) groups is 1. The Morgan fingerprint density at radius 2 is 1.92 bits per heavy atom. The topological polar surface area (TPSA) is 34.0 Å². The predicted octanol–water partition coefficient (Wildman–Crippen LogP) is 4.55. The van der Waals surface area contributed by atoms with E-state index in [-0.39, 0.29) is 11.9 Å². The smallest absolute Gasteiger partial charge is 0.268 e. The van der Waals surface area contributed by atoms with Gasteiger partial charge in [-0.05, 0) is 57.2 Å². The first-order chi connectivity index (χ1) is 11.4. The Balaban J connectivity index is 2.47. The van der Waals surface area contributed by atoms with E-state index in [0.717, 1.165) is 30.6 Å². The molecule has 0 radical (unpaired) electrons. The lowest BCUT2D eigenvalue weighted by atomic mass is 10.1. The number of hydrogen-bond acceptors (Lipinski definition) is 1. The Labute approximate surface area is 146 Å². The fourth-order valence-corrected chi connectivity index (χ4v) is 3.35. The molecule has 2 rings (SSSR count). The molecule has 1 N–H and O–H groups in total. The highest BCUT2D eigenvalue weighted by Gasteiger charge is 2.22. The van der Waals surface area contributed by atoms with Crippen molar-refractivity contribution in [3.05, 3.63) is 57.9 Å². The average Bonchev–Trinajstić information content (AvgIpc) is 2.77. The number of nitrogens with zero attached hydrogens (tertiary/aromatic N) is 1. The van der Waals surface area contributed by atoms with Crippen molar-refractivity contribution >= 4 is 5.91 Å². The van der Waals surface area contributed by atoms with Crippen LogP contribution in [0, 0.1) is 20.8 Å². The van der Waals surface area contributed by atoms with E-state index in [4.69, 9.17) is 0 Å². The Kier molecular flexibility index (Phi) is 5.87. The number of benzene rings is 1. The van der Waals surface area contributed by atoms with Crippen molar-refractivity contribution in [2.75, 3.05) is 0 Å². The summed E-state index contributed by atoms with van der Waals surface area (Å²) in [5.41, 5.74) is 6.89. The van der Waals surface area contributed by atoms with Crippen LogP contribution in [-0.4, -0.2) is 16.5 Å². The predicted molar refractivity (Wildman–Crippen MR) is 101 cm³/mol. The van der Waals surface area contributed by atoms with Gasteiger partial charge in [0.25, 0.3) is 5.91 Å². The zero-order valence-corrected chi connectivity index (χ0v) is 15.9. The van der Waals surface area contributed by atoms with Crippen LogP contribution in [-0.2, 0) is 13.0 Å². The van der Waals surface area contributed by atoms with E-state index < -0.39 is 0 Å². The van der Waals surface area contributed by atoms with E-state index in [1.54, 1.807) is 0 Å². The minimum absolute atomic E-state index is 0.0392. The molecule has 3 heteroatoms. The van der Waals surface area contributed by atoms with Crippen molar-refractivity contribution in [2.45, 2.75) is 67.0 Å². The van der Waals surface area contributed by atoms with Crippen LogP contribution in [0.2, 0.25) is 0 Å².